The molecule has 0 unspecified atom stereocenters. The van der Waals surface area contributed by atoms with E-state index in [0.29, 0.717) is 36.0 Å². The summed E-state index contributed by atoms with van der Waals surface area (Å²) in [6, 6.07) is 4.66. The summed E-state index contributed by atoms with van der Waals surface area (Å²) in [5, 5.41) is 18.8. The first-order valence-electron chi connectivity index (χ1n) is 13.9. The molecule has 2 aliphatic heterocycles. The van der Waals surface area contributed by atoms with Gasteiger partial charge < -0.3 is 20.9 Å². The first-order valence-corrected chi connectivity index (χ1v) is 14.3. The highest BCUT2D eigenvalue weighted by molar-refractivity contribution is 6.30. The van der Waals surface area contributed by atoms with Crippen LogP contribution in [0.5, 0.6) is 0 Å². The number of nitrogens with zero attached hydrogens (tertiary/aromatic N) is 2. The number of carbonyl (C=O) groups is 3. The van der Waals surface area contributed by atoms with Crippen LogP contribution in [-0.4, -0.2) is 59.3 Å². The minimum absolute atomic E-state index is 0.0713. The van der Waals surface area contributed by atoms with Crippen LogP contribution in [0.4, 0.5) is 14.5 Å². The van der Waals surface area contributed by atoms with E-state index in [4.69, 9.17) is 11.6 Å². The third-order valence-electron chi connectivity index (χ3n) is 7.87. The fraction of sp³-hybridized carbons (Fsp3) is 0.586. The van der Waals surface area contributed by atoms with Crippen molar-refractivity contribution in [1.29, 1.82) is 5.26 Å². The van der Waals surface area contributed by atoms with E-state index in [9.17, 15) is 28.4 Å². The Morgan fingerprint density at radius 2 is 2.05 bits per heavy atom. The summed E-state index contributed by atoms with van der Waals surface area (Å²) in [6.45, 7) is 4.24. The van der Waals surface area contributed by atoms with Gasteiger partial charge in [-0.2, -0.15) is 5.26 Å². The number of hydrogen-bond acceptors (Lipinski definition) is 5. The summed E-state index contributed by atoms with van der Waals surface area (Å²) < 4.78 is 30.0. The summed E-state index contributed by atoms with van der Waals surface area (Å²) in [6.07, 6.45) is 3.95. The lowest BCUT2D eigenvalue weighted by Gasteiger charge is -2.45. The number of nitrogens with one attached hydrogen (secondary N) is 3. The average molecular weight is 576 g/mol. The van der Waals surface area contributed by atoms with Gasteiger partial charge in [0, 0.05) is 42.1 Å². The summed E-state index contributed by atoms with van der Waals surface area (Å²) in [7, 11) is 0. The number of nitriles is 1. The third-order valence-corrected chi connectivity index (χ3v) is 8.11. The van der Waals surface area contributed by atoms with Crippen molar-refractivity contribution in [2.45, 2.75) is 87.9 Å². The van der Waals surface area contributed by atoms with E-state index in [1.54, 1.807) is 24.3 Å². The second-order valence-electron chi connectivity index (χ2n) is 11.1. The van der Waals surface area contributed by atoms with Crippen molar-refractivity contribution in [1.82, 2.24) is 15.5 Å². The van der Waals surface area contributed by atoms with E-state index in [-0.39, 0.29) is 18.7 Å². The highest BCUT2D eigenvalue weighted by Gasteiger charge is 2.51. The third kappa shape index (κ3) is 7.72. The van der Waals surface area contributed by atoms with Crippen molar-refractivity contribution in [3.05, 3.63) is 41.9 Å². The first kappa shape index (κ1) is 29.8. The van der Waals surface area contributed by atoms with Gasteiger partial charge in [0.15, 0.2) is 0 Å². The van der Waals surface area contributed by atoms with Crippen LogP contribution in [0, 0.1) is 23.2 Å². The van der Waals surface area contributed by atoms with Crippen LogP contribution in [0.1, 0.15) is 57.8 Å². The topological polar surface area (TPSA) is 114 Å². The Hall–Kier alpha value is -3.19. The van der Waals surface area contributed by atoms with Gasteiger partial charge in [-0.3, -0.25) is 14.4 Å². The second-order valence-corrected chi connectivity index (χ2v) is 11.6. The molecule has 0 bridgehead atoms. The van der Waals surface area contributed by atoms with Crippen LogP contribution in [-0.2, 0) is 14.4 Å². The van der Waals surface area contributed by atoms with E-state index >= 15 is 0 Å². The molecule has 11 heteroatoms. The molecule has 216 valence electrons. The number of alkyl halides is 2. The average Bonchev–Trinajstić information content (AvgIpc) is 3.72. The van der Waals surface area contributed by atoms with Crippen LogP contribution in [0.2, 0.25) is 5.02 Å². The number of piperidine rings is 2. The molecule has 4 rings (SSSR count). The standard InChI is InChI=1S/C29H36ClF2N5O3/c1-2-5-23-15-29(31,32)16-25(27(39)36-22(17-33)13-19-6-4-11-34-26(19)38)37(23)28(40)24(12-18-9-10-18)35-21-8-3-7-20(30)14-21/h2-3,7-8,14,18-19,22-25,35H,1,4-6,9-13,15-16H2,(H,34,38)(H,36,39)/t19-,22-,23-,24+,25-/m0/s1. The highest BCUT2D eigenvalue weighted by Crippen LogP contribution is 2.40. The van der Waals surface area contributed by atoms with E-state index < -0.39 is 60.7 Å². The predicted octanol–water partition coefficient (Wildman–Crippen LogP) is 4.42. The second kappa shape index (κ2) is 13.0. The summed E-state index contributed by atoms with van der Waals surface area (Å²) in [4.78, 5) is 41.2. The van der Waals surface area contributed by atoms with E-state index in [2.05, 4.69) is 22.5 Å². The number of rotatable bonds is 11. The molecule has 3 amide bonds. The highest BCUT2D eigenvalue weighted by atomic mass is 35.5. The van der Waals surface area contributed by atoms with Gasteiger partial charge in [0.25, 0.3) is 5.92 Å². The number of benzene rings is 1. The van der Waals surface area contributed by atoms with Crippen molar-refractivity contribution in [3.63, 3.8) is 0 Å². The molecule has 1 aromatic carbocycles. The quantitative estimate of drug-likeness (QED) is 0.338. The van der Waals surface area contributed by atoms with Crippen LogP contribution in [0.25, 0.3) is 0 Å². The molecule has 1 saturated carbocycles. The number of carbonyl (C=O) groups excluding carboxylic acids is 3. The van der Waals surface area contributed by atoms with Crippen molar-refractivity contribution in [3.8, 4) is 6.07 Å². The lowest BCUT2D eigenvalue weighted by molar-refractivity contribution is -0.160. The lowest BCUT2D eigenvalue weighted by atomic mass is 9.88. The molecular formula is C29H36ClF2N5O3. The zero-order chi connectivity index (χ0) is 28.9. The number of halogens is 3. The first-order chi connectivity index (χ1) is 19.1. The van der Waals surface area contributed by atoms with E-state index in [0.717, 1.165) is 19.3 Å². The molecule has 8 nitrogen and oxygen atoms in total. The molecule has 5 atom stereocenters. The molecule has 1 aliphatic carbocycles. The fourth-order valence-electron chi connectivity index (χ4n) is 5.73. The van der Waals surface area contributed by atoms with Gasteiger partial charge in [0.2, 0.25) is 17.7 Å². The van der Waals surface area contributed by atoms with Gasteiger partial charge in [-0.15, -0.1) is 6.58 Å². The van der Waals surface area contributed by atoms with Crippen molar-refractivity contribution in [2.24, 2.45) is 11.8 Å². The SMILES string of the molecule is C=CC[C@H]1CC(F)(F)C[C@@H](C(=O)N[C@H](C#N)C[C@@H]2CCCNC2=O)N1C(=O)[C@@H](CC1CC1)Nc1cccc(Cl)c1. The number of amides is 3. The Bertz CT molecular complexity index is 1150. The minimum atomic E-state index is -3.19. The van der Waals surface area contributed by atoms with E-state index in [1.807, 2.05) is 6.07 Å². The number of likely N-dealkylation sites (tertiary alicyclic amines) is 1. The van der Waals surface area contributed by atoms with Crippen LogP contribution < -0.4 is 16.0 Å². The Kier molecular flexibility index (Phi) is 9.67. The smallest absolute Gasteiger partial charge is 0.252 e. The molecule has 2 heterocycles. The Labute approximate surface area is 238 Å². The van der Waals surface area contributed by atoms with Gasteiger partial charge in [-0.1, -0.05) is 36.6 Å². The van der Waals surface area contributed by atoms with Crippen molar-refractivity contribution < 1.29 is 23.2 Å². The molecule has 3 N–H and O–H groups in total. The zero-order valence-corrected chi connectivity index (χ0v) is 23.1. The molecule has 2 saturated heterocycles. The molecule has 0 spiro atoms. The fourth-order valence-corrected chi connectivity index (χ4v) is 5.92. The van der Waals surface area contributed by atoms with Gasteiger partial charge >= 0.3 is 0 Å². The summed E-state index contributed by atoms with van der Waals surface area (Å²) >= 11 is 6.14. The number of hydrogen-bond donors (Lipinski definition) is 3. The lowest BCUT2D eigenvalue weighted by Crippen LogP contribution is -2.63. The monoisotopic (exact) mass is 575 g/mol. The summed E-state index contributed by atoms with van der Waals surface area (Å²) in [5.74, 6) is -4.79. The van der Waals surface area contributed by atoms with Gasteiger partial charge in [0.1, 0.15) is 18.1 Å². The van der Waals surface area contributed by atoms with Gasteiger partial charge in [-0.25, -0.2) is 8.78 Å². The maximum Gasteiger partial charge on any atom is 0.252 e. The Morgan fingerprint density at radius 1 is 1.27 bits per heavy atom. The largest absolute Gasteiger partial charge is 0.374 e. The summed E-state index contributed by atoms with van der Waals surface area (Å²) in [5.41, 5.74) is 0.616. The molecule has 0 radical (unpaired) electrons. The van der Waals surface area contributed by atoms with Crippen molar-refractivity contribution >= 4 is 35.0 Å². The zero-order valence-electron chi connectivity index (χ0n) is 22.4. The molecular weight excluding hydrogens is 540 g/mol. The molecule has 0 aromatic heterocycles. The van der Waals surface area contributed by atoms with Crippen molar-refractivity contribution in [2.75, 3.05) is 11.9 Å². The van der Waals surface area contributed by atoms with Crippen LogP contribution >= 0.6 is 11.6 Å². The van der Waals surface area contributed by atoms with Crippen LogP contribution in [0.3, 0.4) is 0 Å². The van der Waals surface area contributed by atoms with Crippen LogP contribution in [0.15, 0.2) is 36.9 Å². The molecule has 1 aromatic rings. The molecule has 40 heavy (non-hydrogen) atoms. The maximum atomic E-state index is 15.0. The number of anilines is 1. The van der Waals surface area contributed by atoms with E-state index in [1.165, 1.54) is 11.0 Å². The molecule has 3 fully saturated rings. The Morgan fingerprint density at radius 3 is 2.70 bits per heavy atom. The minimum Gasteiger partial charge on any atom is -0.374 e. The van der Waals surface area contributed by atoms with Gasteiger partial charge in [-0.05, 0) is 56.2 Å². The molecule has 3 aliphatic rings. The Balaban J connectivity index is 1.59. The van der Waals surface area contributed by atoms with Gasteiger partial charge in [0.05, 0.1) is 6.07 Å². The normalized spacial score (nSPS) is 25.6. The maximum absolute atomic E-state index is 15.0. The predicted molar refractivity (Wildman–Crippen MR) is 148 cm³/mol.